The second kappa shape index (κ2) is 5.67. The number of aromatic amines is 1. The van der Waals surface area contributed by atoms with E-state index in [0.29, 0.717) is 5.95 Å². The van der Waals surface area contributed by atoms with Gasteiger partial charge in [0.05, 0.1) is 11.0 Å². The first kappa shape index (κ1) is 14.8. The summed E-state index contributed by atoms with van der Waals surface area (Å²) >= 11 is 0. The third-order valence-corrected chi connectivity index (χ3v) is 4.58. The Hall–Kier alpha value is -2.82. The maximum atomic E-state index is 12.5. The molecule has 1 heterocycles. The molecule has 5 nitrogen and oxygen atoms in total. The Balaban J connectivity index is 1.49. The minimum Gasteiger partial charge on any atom is -0.377 e. The normalized spacial score (nSPS) is 19.2. The number of amides is 1. The molecule has 2 unspecified atom stereocenters. The number of para-hydroxylation sites is 3. The fraction of sp³-hybridized carbons (Fsp3) is 0.263. The van der Waals surface area contributed by atoms with Gasteiger partial charge >= 0.3 is 0 Å². The maximum absolute atomic E-state index is 12.5. The summed E-state index contributed by atoms with van der Waals surface area (Å²) in [5.41, 5.74) is 4.21. The molecule has 0 saturated heterocycles. The van der Waals surface area contributed by atoms with E-state index >= 15 is 0 Å². The van der Waals surface area contributed by atoms with E-state index in [-0.39, 0.29) is 17.7 Å². The number of rotatable bonds is 4. The average molecular weight is 320 g/mol. The van der Waals surface area contributed by atoms with E-state index < -0.39 is 0 Å². The van der Waals surface area contributed by atoms with Gasteiger partial charge in [-0.1, -0.05) is 30.3 Å². The van der Waals surface area contributed by atoms with Crippen LogP contribution in [0.3, 0.4) is 0 Å². The lowest BCUT2D eigenvalue weighted by molar-refractivity contribution is -0.117. The second-order valence-corrected chi connectivity index (χ2v) is 6.49. The van der Waals surface area contributed by atoms with Gasteiger partial charge in [0.1, 0.15) is 0 Å². The smallest absolute Gasteiger partial charge is 0.230 e. The summed E-state index contributed by atoms with van der Waals surface area (Å²) in [6.07, 6.45) is 0.886. The van der Waals surface area contributed by atoms with Crippen molar-refractivity contribution in [3.8, 4) is 0 Å². The van der Waals surface area contributed by atoms with E-state index in [9.17, 15) is 4.79 Å². The predicted molar refractivity (Wildman–Crippen MR) is 96.3 cm³/mol. The molecule has 2 atom stereocenters. The highest BCUT2D eigenvalue weighted by molar-refractivity contribution is 5.95. The molecule has 0 spiro atoms. The molecule has 1 amide bonds. The molecule has 2 N–H and O–H groups in total. The van der Waals surface area contributed by atoms with Crippen LogP contribution in [0.1, 0.15) is 17.9 Å². The molecule has 1 saturated carbocycles. The Morgan fingerprint density at radius 2 is 1.92 bits per heavy atom. The summed E-state index contributed by atoms with van der Waals surface area (Å²) in [5.74, 6) is 0.854. The summed E-state index contributed by atoms with van der Waals surface area (Å²) < 4.78 is 0. The highest BCUT2D eigenvalue weighted by atomic mass is 16.2. The molecule has 24 heavy (non-hydrogen) atoms. The number of anilines is 2. The average Bonchev–Trinajstić information content (AvgIpc) is 3.28. The second-order valence-electron chi connectivity index (χ2n) is 6.49. The Morgan fingerprint density at radius 1 is 1.17 bits per heavy atom. The zero-order valence-electron chi connectivity index (χ0n) is 13.8. The Morgan fingerprint density at radius 3 is 2.71 bits per heavy atom. The maximum Gasteiger partial charge on any atom is 0.230 e. The third-order valence-electron chi connectivity index (χ3n) is 4.58. The van der Waals surface area contributed by atoms with Crippen LogP contribution in [0.25, 0.3) is 11.0 Å². The van der Waals surface area contributed by atoms with Crippen LogP contribution in [0, 0.1) is 5.92 Å². The van der Waals surface area contributed by atoms with E-state index in [1.165, 1.54) is 11.3 Å². The van der Waals surface area contributed by atoms with Crippen LogP contribution < -0.4 is 10.2 Å². The van der Waals surface area contributed by atoms with E-state index in [0.717, 1.165) is 17.5 Å². The number of H-pyrrole nitrogens is 1. The number of fused-ring (bicyclic) bond motifs is 1. The zero-order valence-corrected chi connectivity index (χ0v) is 13.8. The van der Waals surface area contributed by atoms with Crippen LogP contribution >= 0.6 is 0 Å². The molecule has 1 aliphatic rings. The monoisotopic (exact) mass is 320 g/mol. The molecule has 4 rings (SSSR count). The molecule has 5 heteroatoms. The first-order valence-corrected chi connectivity index (χ1v) is 8.15. The van der Waals surface area contributed by atoms with E-state index in [1.807, 2.05) is 50.5 Å². The van der Waals surface area contributed by atoms with Crippen LogP contribution in [-0.2, 0) is 4.79 Å². The number of hydrogen-bond donors (Lipinski definition) is 2. The molecule has 0 bridgehead atoms. The number of hydrogen-bond acceptors (Lipinski definition) is 3. The molecule has 122 valence electrons. The molecular formula is C19H20N4O. The highest BCUT2D eigenvalue weighted by Crippen LogP contribution is 2.50. The quantitative estimate of drug-likeness (QED) is 0.775. The van der Waals surface area contributed by atoms with Crippen LogP contribution in [0.5, 0.6) is 0 Å². The zero-order chi connectivity index (χ0) is 16.7. The van der Waals surface area contributed by atoms with Gasteiger partial charge in [-0.05, 0) is 36.1 Å². The highest BCUT2D eigenvalue weighted by Gasteiger charge is 2.45. The lowest BCUT2D eigenvalue weighted by Crippen LogP contribution is -2.16. The molecule has 1 fully saturated rings. The van der Waals surface area contributed by atoms with Crippen molar-refractivity contribution >= 4 is 28.6 Å². The van der Waals surface area contributed by atoms with Crippen molar-refractivity contribution in [2.24, 2.45) is 5.92 Å². The molecule has 2 aromatic carbocycles. The summed E-state index contributed by atoms with van der Waals surface area (Å²) in [4.78, 5) is 22.2. The Labute approximate surface area is 140 Å². The topological polar surface area (TPSA) is 61.0 Å². The Bertz CT molecular complexity index is 866. The standard InChI is InChI=1S/C19H20N4O/c1-23(2)17-10-6-3-7-12(17)13-11-14(13)18(24)22-19-20-15-8-4-5-9-16(15)21-19/h3-10,13-14H,11H2,1-2H3,(H2,20,21,22,24). The fourth-order valence-electron chi connectivity index (χ4n) is 3.26. The van der Waals surface area contributed by atoms with Crippen molar-refractivity contribution in [1.82, 2.24) is 9.97 Å². The van der Waals surface area contributed by atoms with E-state index in [4.69, 9.17) is 0 Å². The van der Waals surface area contributed by atoms with Gasteiger partial charge in [-0.15, -0.1) is 0 Å². The molecule has 1 aliphatic carbocycles. The van der Waals surface area contributed by atoms with Gasteiger partial charge in [-0.25, -0.2) is 4.98 Å². The minimum absolute atomic E-state index is 0.0133. The number of imidazole rings is 1. The van der Waals surface area contributed by atoms with Crippen molar-refractivity contribution in [1.29, 1.82) is 0 Å². The summed E-state index contributed by atoms with van der Waals surface area (Å²) in [7, 11) is 4.06. The van der Waals surface area contributed by atoms with Crippen molar-refractivity contribution in [2.75, 3.05) is 24.3 Å². The van der Waals surface area contributed by atoms with Gasteiger partial charge in [0.15, 0.2) is 0 Å². The fourth-order valence-corrected chi connectivity index (χ4v) is 3.26. The predicted octanol–water partition coefficient (Wildman–Crippen LogP) is 3.37. The van der Waals surface area contributed by atoms with E-state index in [1.54, 1.807) is 0 Å². The Kier molecular flexibility index (Phi) is 3.49. The van der Waals surface area contributed by atoms with Crippen molar-refractivity contribution in [3.05, 3.63) is 54.1 Å². The summed E-state index contributed by atoms with van der Waals surface area (Å²) in [6, 6.07) is 16.0. The number of carbonyl (C=O) groups is 1. The van der Waals surface area contributed by atoms with Crippen LogP contribution in [-0.4, -0.2) is 30.0 Å². The van der Waals surface area contributed by atoms with Crippen LogP contribution in [0.15, 0.2) is 48.5 Å². The van der Waals surface area contributed by atoms with E-state index in [2.05, 4.69) is 32.3 Å². The summed E-state index contributed by atoms with van der Waals surface area (Å²) in [5, 5.41) is 2.92. The first-order valence-electron chi connectivity index (χ1n) is 8.15. The van der Waals surface area contributed by atoms with Gasteiger partial charge in [-0.2, -0.15) is 0 Å². The van der Waals surface area contributed by atoms with Crippen LogP contribution in [0.2, 0.25) is 0 Å². The minimum atomic E-state index is 0.0133. The molecule has 1 aromatic heterocycles. The van der Waals surface area contributed by atoms with Crippen molar-refractivity contribution < 1.29 is 4.79 Å². The first-order chi connectivity index (χ1) is 11.6. The van der Waals surface area contributed by atoms with Gasteiger partial charge in [-0.3, -0.25) is 10.1 Å². The number of aromatic nitrogens is 2. The van der Waals surface area contributed by atoms with Gasteiger partial charge in [0.2, 0.25) is 11.9 Å². The molecule has 0 radical (unpaired) electrons. The van der Waals surface area contributed by atoms with Crippen molar-refractivity contribution in [2.45, 2.75) is 12.3 Å². The number of nitrogens with one attached hydrogen (secondary N) is 2. The third kappa shape index (κ3) is 2.62. The van der Waals surface area contributed by atoms with Crippen molar-refractivity contribution in [3.63, 3.8) is 0 Å². The van der Waals surface area contributed by atoms with Gasteiger partial charge < -0.3 is 9.88 Å². The lowest BCUT2D eigenvalue weighted by Gasteiger charge is -2.17. The number of benzene rings is 2. The summed E-state index contributed by atoms with van der Waals surface area (Å²) in [6.45, 7) is 0. The van der Waals surface area contributed by atoms with Gasteiger partial charge in [0, 0.05) is 25.7 Å². The molecule has 0 aliphatic heterocycles. The molecule has 3 aromatic rings. The lowest BCUT2D eigenvalue weighted by atomic mass is 10.1. The molecular weight excluding hydrogens is 300 g/mol. The number of carbonyl (C=O) groups excluding carboxylic acids is 1. The van der Waals surface area contributed by atoms with Gasteiger partial charge in [0.25, 0.3) is 0 Å². The SMILES string of the molecule is CN(C)c1ccccc1C1CC1C(=O)Nc1nc2ccccc2[nH]1. The van der Waals surface area contributed by atoms with Crippen LogP contribution in [0.4, 0.5) is 11.6 Å². The number of nitrogens with zero attached hydrogens (tertiary/aromatic N) is 2. The largest absolute Gasteiger partial charge is 0.377 e.